The van der Waals surface area contributed by atoms with Crippen molar-refractivity contribution < 1.29 is 8.42 Å². The van der Waals surface area contributed by atoms with Crippen LogP contribution in [0.2, 0.25) is 0 Å². The molecule has 0 spiro atoms. The van der Waals surface area contributed by atoms with Crippen LogP contribution >= 0.6 is 11.3 Å². The van der Waals surface area contributed by atoms with Crippen LogP contribution in [-0.2, 0) is 16.6 Å². The van der Waals surface area contributed by atoms with E-state index in [9.17, 15) is 8.42 Å². The quantitative estimate of drug-likeness (QED) is 0.751. The minimum atomic E-state index is -3.71. The summed E-state index contributed by atoms with van der Waals surface area (Å²) >= 11 is 1.70. The number of hydrogen-bond acceptors (Lipinski definition) is 5. The molecule has 0 fully saturated rings. The number of thiophene rings is 1. The second kappa shape index (κ2) is 5.20. The molecule has 5 nitrogen and oxygen atoms in total. The number of aryl methyl sites for hydroxylation is 1. The Morgan fingerprint density at radius 1 is 1.26 bits per heavy atom. The molecule has 0 aliphatic heterocycles. The van der Waals surface area contributed by atoms with Gasteiger partial charge in [0, 0.05) is 16.3 Å². The predicted molar refractivity (Wildman–Crippen MR) is 78.6 cm³/mol. The first-order chi connectivity index (χ1) is 8.86. The van der Waals surface area contributed by atoms with Gasteiger partial charge in [0.25, 0.3) is 0 Å². The summed E-state index contributed by atoms with van der Waals surface area (Å²) in [6.45, 7) is 2.70. The van der Waals surface area contributed by atoms with Gasteiger partial charge in [0.2, 0.25) is 10.0 Å². The van der Waals surface area contributed by atoms with Gasteiger partial charge in [-0.25, -0.2) is 13.6 Å². The first-order valence-electron chi connectivity index (χ1n) is 5.58. The van der Waals surface area contributed by atoms with Gasteiger partial charge in [-0.05, 0) is 37.3 Å². The summed E-state index contributed by atoms with van der Waals surface area (Å²) in [6, 6.07) is 8.51. The highest BCUT2D eigenvalue weighted by Gasteiger charge is 2.10. The van der Waals surface area contributed by atoms with Crippen LogP contribution in [0.15, 0.2) is 35.2 Å². The van der Waals surface area contributed by atoms with Crippen LogP contribution in [-0.4, -0.2) is 8.42 Å². The van der Waals surface area contributed by atoms with Gasteiger partial charge >= 0.3 is 0 Å². The molecule has 19 heavy (non-hydrogen) atoms. The number of nitrogens with two attached hydrogens (primary N) is 2. The fourth-order valence-corrected chi connectivity index (χ4v) is 3.02. The summed E-state index contributed by atoms with van der Waals surface area (Å²) in [5, 5.41) is 8.21. The molecule has 0 bridgehead atoms. The molecule has 0 radical (unpaired) electrons. The molecule has 102 valence electrons. The Kier molecular flexibility index (Phi) is 3.79. The first-order valence-corrected chi connectivity index (χ1v) is 7.94. The van der Waals surface area contributed by atoms with E-state index in [0.717, 1.165) is 0 Å². The molecule has 5 N–H and O–H groups in total. The third kappa shape index (κ3) is 3.46. The van der Waals surface area contributed by atoms with Crippen molar-refractivity contribution in [3.05, 3.63) is 40.1 Å². The molecule has 2 aromatic rings. The smallest absolute Gasteiger partial charge is 0.238 e. The Morgan fingerprint density at radius 2 is 2.00 bits per heavy atom. The van der Waals surface area contributed by atoms with Crippen LogP contribution in [0.3, 0.4) is 0 Å². The van der Waals surface area contributed by atoms with E-state index in [-0.39, 0.29) is 4.90 Å². The lowest BCUT2D eigenvalue weighted by Crippen LogP contribution is -2.13. The van der Waals surface area contributed by atoms with Gasteiger partial charge in [-0.1, -0.05) is 0 Å². The second-order valence-corrected chi connectivity index (χ2v) is 7.09. The van der Waals surface area contributed by atoms with Crippen molar-refractivity contribution >= 4 is 32.7 Å². The molecule has 0 aliphatic rings. The number of sulfonamides is 1. The Balaban J connectivity index is 2.14. The molecule has 0 saturated carbocycles. The summed E-state index contributed by atoms with van der Waals surface area (Å²) in [5.41, 5.74) is 6.86. The number of rotatable bonds is 4. The molecule has 0 unspecified atom stereocenters. The minimum Gasteiger partial charge on any atom is -0.397 e. The Bertz CT molecular complexity index is 693. The monoisotopic (exact) mass is 297 g/mol. The molecule has 0 atom stereocenters. The average Bonchev–Trinajstić information content (AvgIpc) is 2.72. The van der Waals surface area contributed by atoms with Gasteiger partial charge in [-0.3, -0.25) is 0 Å². The van der Waals surface area contributed by atoms with E-state index in [1.165, 1.54) is 21.9 Å². The van der Waals surface area contributed by atoms with E-state index in [0.29, 0.717) is 17.9 Å². The Labute approximate surface area is 116 Å². The Morgan fingerprint density at radius 3 is 2.53 bits per heavy atom. The van der Waals surface area contributed by atoms with Crippen molar-refractivity contribution in [2.24, 2.45) is 5.14 Å². The number of nitrogen functional groups attached to an aromatic ring is 1. The zero-order chi connectivity index (χ0) is 14.0. The molecule has 1 heterocycles. The topological polar surface area (TPSA) is 98.2 Å². The lowest BCUT2D eigenvalue weighted by Gasteiger charge is -2.09. The van der Waals surface area contributed by atoms with Gasteiger partial charge in [0.05, 0.1) is 16.3 Å². The maximum atomic E-state index is 11.2. The van der Waals surface area contributed by atoms with Crippen LogP contribution in [0.1, 0.15) is 9.75 Å². The van der Waals surface area contributed by atoms with Crippen LogP contribution in [0.4, 0.5) is 11.4 Å². The van der Waals surface area contributed by atoms with Gasteiger partial charge in [0.1, 0.15) is 0 Å². The van der Waals surface area contributed by atoms with Crippen molar-refractivity contribution in [2.75, 3.05) is 11.1 Å². The number of primary sulfonamides is 1. The minimum absolute atomic E-state index is 0.0162. The predicted octanol–water partition coefficient (Wildman–Crippen LogP) is 1.90. The molecule has 0 saturated heterocycles. The average molecular weight is 297 g/mol. The lowest BCUT2D eigenvalue weighted by molar-refractivity contribution is 0.598. The van der Waals surface area contributed by atoms with Crippen LogP contribution in [0, 0.1) is 6.92 Å². The molecule has 7 heteroatoms. The molecule has 0 aliphatic carbocycles. The summed E-state index contributed by atoms with van der Waals surface area (Å²) in [6.07, 6.45) is 0. The van der Waals surface area contributed by atoms with Crippen molar-refractivity contribution in [3.63, 3.8) is 0 Å². The largest absolute Gasteiger partial charge is 0.397 e. The fourth-order valence-electron chi connectivity index (χ4n) is 1.64. The zero-order valence-electron chi connectivity index (χ0n) is 10.4. The zero-order valence-corrected chi connectivity index (χ0v) is 12.0. The third-order valence-corrected chi connectivity index (χ3v) is 4.51. The van der Waals surface area contributed by atoms with Gasteiger partial charge in [-0.2, -0.15) is 0 Å². The van der Waals surface area contributed by atoms with Crippen molar-refractivity contribution in [1.82, 2.24) is 0 Å². The van der Waals surface area contributed by atoms with Crippen LogP contribution in [0.25, 0.3) is 0 Å². The van der Waals surface area contributed by atoms with Crippen molar-refractivity contribution in [3.8, 4) is 0 Å². The standard InChI is InChI=1S/C12H15N3O2S2/c1-8-2-3-9(18-8)7-15-12-5-4-10(6-11(12)13)19(14,16)17/h2-6,15H,7,13H2,1H3,(H2,14,16,17). The summed E-state index contributed by atoms with van der Waals surface area (Å²) in [5.74, 6) is 0. The normalized spacial score (nSPS) is 11.5. The van der Waals surface area contributed by atoms with E-state index in [1.807, 2.05) is 13.0 Å². The van der Waals surface area contributed by atoms with Gasteiger partial charge in [-0.15, -0.1) is 11.3 Å². The van der Waals surface area contributed by atoms with E-state index in [1.54, 1.807) is 17.4 Å². The Hall–Kier alpha value is -1.57. The highest BCUT2D eigenvalue weighted by atomic mass is 32.2. The maximum Gasteiger partial charge on any atom is 0.238 e. The number of nitrogens with one attached hydrogen (secondary N) is 1. The molecule has 1 aromatic heterocycles. The summed E-state index contributed by atoms with van der Waals surface area (Å²) in [7, 11) is -3.71. The number of hydrogen-bond donors (Lipinski definition) is 3. The van der Waals surface area contributed by atoms with Crippen LogP contribution < -0.4 is 16.2 Å². The SMILES string of the molecule is Cc1ccc(CNc2ccc(S(N)(=O)=O)cc2N)s1. The van der Waals surface area contributed by atoms with E-state index >= 15 is 0 Å². The molecule has 0 amide bonds. The van der Waals surface area contributed by atoms with Crippen molar-refractivity contribution in [2.45, 2.75) is 18.4 Å². The number of benzene rings is 1. The molecular formula is C12H15N3O2S2. The highest BCUT2D eigenvalue weighted by Crippen LogP contribution is 2.23. The molecule has 2 rings (SSSR count). The lowest BCUT2D eigenvalue weighted by atomic mass is 10.2. The van der Waals surface area contributed by atoms with Crippen molar-refractivity contribution in [1.29, 1.82) is 0 Å². The highest BCUT2D eigenvalue weighted by molar-refractivity contribution is 7.89. The third-order valence-electron chi connectivity index (χ3n) is 2.60. The summed E-state index contributed by atoms with van der Waals surface area (Å²) in [4.78, 5) is 2.45. The number of anilines is 2. The maximum absolute atomic E-state index is 11.2. The van der Waals surface area contributed by atoms with E-state index in [4.69, 9.17) is 10.9 Å². The van der Waals surface area contributed by atoms with E-state index in [2.05, 4.69) is 11.4 Å². The summed E-state index contributed by atoms with van der Waals surface area (Å²) < 4.78 is 22.4. The van der Waals surface area contributed by atoms with Crippen LogP contribution in [0.5, 0.6) is 0 Å². The van der Waals surface area contributed by atoms with E-state index < -0.39 is 10.0 Å². The van der Waals surface area contributed by atoms with Gasteiger partial charge in [0.15, 0.2) is 0 Å². The second-order valence-electron chi connectivity index (χ2n) is 4.16. The van der Waals surface area contributed by atoms with Gasteiger partial charge < -0.3 is 11.1 Å². The molecule has 1 aromatic carbocycles. The molecular weight excluding hydrogens is 282 g/mol. The first kappa shape index (κ1) is 13.9. The fraction of sp³-hybridized carbons (Fsp3) is 0.167.